The van der Waals surface area contributed by atoms with Crippen molar-refractivity contribution in [3.05, 3.63) is 0 Å². The van der Waals surface area contributed by atoms with E-state index < -0.39 is 20.8 Å². The summed E-state index contributed by atoms with van der Waals surface area (Å²) in [5.41, 5.74) is 0. The Morgan fingerprint density at radius 2 is 0.583 bits per heavy atom. The molecule has 0 heterocycles. The van der Waals surface area contributed by atoms with Crippen LogP contribution in [0.25, 0.3) is 0 Å². The fourth-order valence-electron chi connectivity index (χ4n) is 0. The molecule has 0 bridgehead atoms. The third kappa shape index (κ3) is 1600. The molecule has 0 aliphatic carbocycles. The summed E-state index contributed by atoms with van der Waals surface area (Å²) >= 11 is 0. The molecule has 0 saturated heterocycles. The molecule has 0 rings (SSSR count). The number of hydrogen-bond donors (Lipinski definition) is 0. The fourth-order valence-corrected chi connectivity index (χ4v) is 0. The van der Waals surface area contributed by atoms with Gasteiger partial charge in [-0.05, 0) is 0 Å². The quantitative estimate of drug-likeness (QED) is 0.345. The standard InChI is InChI=1S/2Cr.2H2O4S/c;;2*1-5(2,3)4/h;;2*(H2,1,2,3,4)/q2*+2;;/p-4. The van der Waals surface area contributed by atoms with E-state index in [1.54, 1.807) is 0 Å². The van der Waals surface area contributed by atoms with Crippen LogP contribution >= 0.6 is 0 Å². The summed E-state index contributed by atoms with van der Waals surface area (Å²) in [6, 6.07) is 0. The van der Waals surface area contributed by atoms with Gasteiger partial charge in [0.2, 0.25) is 0 Å². The van der Waals surface area contributed by atoms with Crippen LogP contribution in [0.15, 0.2) is 0 Å². The van der Waals surface area contributed by atoms with Crippen molar-refractivity contribution < 1.29 is 69.8 Å². The normalized spacial score (nSPS) is 9.67. The molecule has 0 aromatic rings. The van der Waals surface area contributed by atoms with Gasteiger partial charge in [0.05, 0.1) is 0 Å². The summed E-state index contributed by atoms with van der Waals surface area (Å²) in [6.07, 6.45) is 0. The van der Waals surface area contributed by atoms with E-state index in [2.05, 4.69) is 0 Å². The Morgan fingerprint density at radius 3 is 0.583 bits per heavy atom. The minimum atomic E-state index is -5.17. The second-order valence-electron chi connectivity index (χ2n) is 0.816. The smallest absolute Gasteiger partial charge is 0.759 e. The van der Waals surface area contributed by atoms with Crippen molar-refractivity contribution in [3.8, 4) is 0 Å². The molecule has 0 N–H and O–H groups in total. The van der Waals surface area contributed by atoms with Crippen LogP contribution in [0, 0.1) is 0 Å². The van der Waals surface area contributed by atoms with Crippen molar-refractivity contribution in [2.45, 2.75) is 0 Å². The molecule has 12 heavy (non-hydrogen) atoms. The first-order valence-electron chi connectivity index (χ1n) is 1.33. The molecule has 0 aromatic carbocycles. The van der Waals surface area contributed by atoms with E-state index in [-0.39, 0.29) is 34.7 Å². The third-order valence-corrected chi connectivity index (χ3v) is 0. The van der Waals surface area contributed by atoms with Gasteiger partial charge in [0, 0.05) is 20.8 Å². The minimum absolute atomic E-state index is 0. The molecule has 0 aliphatic heterocycles. The molecular formula is Cr2O8S2. The molecule has 8 nitrogen and oxygen atoms in total. The van der Waals surface area contributed by atoms with Crippen molar-refractivity contribution in [2.24, 2.45) is 0 Å². The molecule has 72 valence electrons. The van der Waals surface area contributed by atoms with Gasteiger partial charge in [-0.15, -0.1) is 0 Å². The molecule has 0 amide bonds. The Hall–Kier alpha value is 0.805. The van der Waals surface area contributed by atoms with E-state index in [0.29, 0.717) is 0 Å². The van der Waals surface area contributed by atoms with Crippen molar-refractivity contribution in [2.75, 3.05) is 0 Å². The van der Waals surface area contributed by atoms with Crippen molar-refractivity contribution in [1.82, 2.24) is 0 Å². The second kappa shape index (κ2) is 8.41. The number of hydrogen-bond acceptors (Lipinski definition) is 8. The zero-order valence-electron chi connectivity index (χ0n) is 4.90. The average Bonchev–Trinajstić information content (AvgIpc) is 1.12. The van der Waals surface area contributed by atoms with Gasteiger partial charge in [-0.3, -0.25) is 16.8 Å². The van der Waals surface area contributed by atoms with Crippen molar-refractivity contribution >= 4 is 20.8 Å². The molecule has 0 aliphatic rings. The van der Waals surface area contributed by atoms with Gasteiger partial charge < -0.3 is 18.2 Å². The first-order valence-corrected chi connectivity index (χ1v) is 4.00. The SMILES string of the molecule is O=S(=O)([O-])[O-].O=S(=O)([O-])[O-].[Cr+2].[Cr+2]. The van der Waals surface area contributed by atoms with Crippen LogP contribution < -0.4 is 0 Å². The molecule has 0 unspecified atom stereocenters. The zero-order valence-corrected chi connectivity index (χ0v) is 9.08. The van der Waals surface area contributed by atoms with E-state index in [1.165, 1.54) is 0 Å². The number of rotatable bonds is 0. The van der Waals surface area contributed by atoms with Crippen LogP contribution in [0.1, 0.15) is 0 Å². The van der Waals surface area contributed by atoms with Gasteiger partial charge >= 0.3 is 34.7 Å². The van der Waals surface area contributed by atoms with Gasteiger partial charge in [-0.1, -0.05) is 0 Å². The summed E-state index contributed by atoms with van der Waals surface area (Å²) in [5.74, 6) is 0. The van der Waals surface area contributed by atoms with Crippen LogP contribution in [0.5, 0.6) is 0 Å². The van der Waals surface area contributed by atoms with Crippen molar-refractivity contribution in [3.63, 3.8) is 0 Å². The van der Waals surface area contributed by atoms with Crippen LogP contribution in [-0.2, 0) is 55.5 Å². The molecule has 12 heteroatoms. The Bertz CT molecular complexity index is 211. The Balaban J connectivity index is -0.0000000457. The van der Waals surface area contributed by atoms with E-state index in [4.69, 9.17) is 35.0 Å². The largest absolute Gasteiger partial charge is 2.00 e. The van der Waals surface area contributed by atoms with Crippen molar-refractivity contribution in [1.29, 1.82) is 0 Å². The predicted molar refractivity (Wildman–Crippen MR) is 20.9 cm³/mol. The molecule has 0 atom stereocenters. The summed E-state index contributed by atoms with van der Waals surface area (Å²) in [5, 5.41) is 0. The molecular weight excluding hydrogens is 296 g/mol. The van der Waals surface area contributed by atoms with E-state index >= 15 is 0 Å². The maximum Gasteiger partial charge on any atom is 2.00 e. The van der Waals surface area contributed by atoms with Crippen LogP contribution in [0.3, 0.4) is 0 Å². The van der Waals surface area contributed by atoms with Gasteiger partial charge in [0.15, 0.2) is 0 Å². The van der Waals surface area contributed by atoms with Crippen LogP contribution in [0.4, 0.5) is 0 Å². The van der Waals surface area contributed by atoms with Gasteiger partial charge in [-0.2, -0.15) is 0 Å². The summed E-state index contributed by atoms with van der Waals surface area (Å²) in [4.78, 5) is 0. The Morgan fingerprint density at radius 1 is 0.583 bits per heavy atom. The van der Waals surface area contributed by atoms with Crippen LogP contribution in [0.2, 0.25) is 0 Å². The van der Waals surface area contributed by atoms with Gasteiger partial charge in [-0.25, -0.2) is 0 Å². The molecule has 0 spiro atoms. The topological polar surface area (TPSA) is 161 Å². The fraction of sp³-hybridized carbons (Fsp3) is 0. The average molecular weight is 296 g/mol. The van der Waals surface area contributed by atoms with Gasteiger partial charge in [0.1, 0.15) is 0 Å². The van der Waals surface area contributed by atoms with E-state index in [9.17, 15) is 0 Å². The first kappa shape index (κ1) is 23.0. The zero-order chi connectivity index (χ0) is 9.00. The van der Waals surface area contributed by atoms with Crippen LogP contribution in [-0.4, -0.2) is 35.0 Å². The first-order chi connectivity index (χ1) is 4.00. The maximum absolute atomic E-state index is 8.52. The van der Waals surface area contributed by atoms with E-state index in [0.717, 1.165) is 0 Å². The van der Waals surface area contributed by atoms with Gasteiger partial charge in [0.25, 0.3) is 0 Å². The minimum Gasteiger partial charge on any atom is -0.759 e. The molecule has 0 fully saturated rings. The Kier molecular flexibility index (Phi) is 16.1. The molecule has 0 aromatic heterocycles. The van der Waals surface area contributed by atoms with E-state index in [1.807, 2.05) is 0 Å². The molecule has 0 radical (unpaired) electrons. The summed E-state index contributed by atoms with van der Waals surface area (Å²) in [6.45, 7) is 0. The predicted octanol–water partition coefficient (Wildman–Crippen LogP) is -2.68. The summed E-state index contributed by atoms with van der Waals surface area (Å²) in [7, 11) is -10.3. The molecule has 0 saturated carbocycles. The monoisotopic (exact) mass is 296 g/mol. The Labute approximate surface area is 90.4 Å². The summed E-state index contributed by atoms with van der Waals surface area (Å²) < 4.78 is 68.2. The second-order valence-corrected chi connectivity index (χ2v) is 2.45. The third-order valence-electron chi connectivity index (χ3n) is 0. The maximum atomic E-state index is 8.52.